The van der Waals surface area contributed by atoms with Gasteiger partial charge in [0.05, 0.1) is 11.5 Å². The second-order valence-corrected chi connectivity index (χ2v) is 5.82. The lowest BCUT2D eigenvalue weighted by atomic mass is 10.2. The van der Waals surface area contributed by atoms with Gasteiger partial charge in [-0.15, -0.1) is 0 Å². The minimum Gasteiger partial charge on any atom is -0.322 e. The van der Waals surface area contributed by atoms with Crippen molar-refractivity contribution in [3.8, 4) is 0 Å². The third kappa shape index (κ3) is 3.93. The van der Waals surface area contributed by atoms with Crippen molar-refractivity contribution in [3.05, 3.63) is 104 Å². The van der Waals surface area contributed by atoms with Gasteiger partial charge >= 0.3 is 5.69 Å². The summed E-state index contributed by atoms with van der Waals surface area (Å²) >= 11 is 0. The number of amides is 1. The third-order valence-electron chi connectivity index (χ3n) is 3.96. The predicted molar refractivity (Wildman–Crippen MR) is 97.2 cm³/mol. The van der Waals surface area contributed by atoms with E-state index in [0.29, 0.717) is 0 Å². The standard InChI is InChI=1S/C19H13F2N3O4/c20-15-6-2-1-4-12(15)11-23-9-3-5-14(19(23)26)18(25)22-13-7-8-16(21)17(10-13)24(27)28/h1-10H,11H2,(H,22,25). The molecule has 1 aromatic heterocycles. The lowest BCUT2D eigenvalue weighted by Crippen LogP contribution is -2.29. The molecule has 0 saturated carbocycles. The van der Waals surface area contributed by atoms with Crippen LogP contribution >= 0.6 is 0 Å². The molecule has 0 bridgehead atoms. The van der Waals surface area contributed by atoms with Crippen LogP contribution in [0.25, 0.3) is 0 Å². The molecular formula is C19H13F2N3O4. The molecule has 1 heterocycles. The van der Waals surface area contributed by atoms with Crippen LogP contribution in [0.3, 0.4) is 0 Å². The Hall–Kier alpha value is -3.88. The Morgan fingerprint density at radius 3 is 2.54 bits per heavy atom. The van der Waals surface area contributed by atoms with Gasteiger partial charge < -0.3 is 9.88 Å². The normalized spacial score (nSPS) is 10.5. The molecule has 7 nitrogen and oxygen atoms in total. The Labute approximate surface area is 157 Å². The van der Waals surface area contributed by atoms with Gasteiger partial charge in [-0.25, -0.2) is 4.39 Å². The van der Waals surface area contributed by atoms with Crippen LogP contribution in [-0.2, 0) is 6.54 Å². The van der Waals surface area contributed by atoms with E-state index < -0.39 is 33.7 Å². The van der Waals surface area contributed by atoms with Crippen molar-refractivity contribution in [1.82, 2.24) is 4.57 Å². The van der Waals surface area contributed by atoms with E-state index in [1.807, 2.05) is 0 Å². The maximum atomic E-state index is 13.8. The molecule has 2 aromatic carbocycles. The molecular weight excluding hydrogens is 372 g/mol. The SMILES string of the molecule is O=C(Nc1ccc(F)c([N+](=O)[O-])c1)c1cccn(Cc2ccccc2F)c1=O. The zero-order valence-corrected chi connectivity index (χ0v) is 14.3. The molecule has 0 radical (unpaired) electrons. The van der Waals surface area contributed by atoms with Crippen LogP contribution in [0.15, 0.2) is 65.6 Å². The van der Waals surface area contributed by atoms with E-state index in [0.717, 1.165) is 18.2 Å². The minimum atomic E-state index is -1.05. The number of benzene rings is 2. The van der Waals surface area contributed by atoms with E-state index in [9.17, 15) is 28.5 Å². The Kier molecular flexibility index (Phi) is 5.25. The van der Waals surface area contributed by atoms with Gasteiger partial charge in [0.1, 0.15) is 11.4 Å². The van der Waals surface area contributed by atoms with E-state index in [1.54, 1.807) is 6.07 Å². The number of rotatable bonds is 5. The van der Waals surface area contributed by atoms with Gasteiger partial charge in [0.2, 0.25) is 5.82 Å². The van der Waals surface area contributed by atoms with Crippen molar-refractivity contribution in [1.29, 1.82) is 0 Å². The van der Waals surface area contributed by atoms with Crippen LogP contribution < -0.4 is 10.9 Å². The Morgan fingerprint density at radius 2 is 1.82 bits per heavy atom. The van der Waals surface area contributed by atoms with Gasteiger partial charge in [-0.2, -0.15) is 4.39 Å². The first kappa shape index (κ1) is 18.9. The molecule has 3 aromatic rings. The average molecular weight is 385 g/mol. The summed E-state index contributed by atoms with van der Waals surface area (Å²) in [4.78, 5) is 34.8. The quantitative estimate of drug-likeness (QED) is 0.538. The predicted octanol–water partition coefficient (Wildman–Crippen LogP) is 3.34. The van der Waals surface area contributed by atoms with E-state index in [2.05, 4.69) is 5.32 Å². The number of nitrogens with zero attached hydrogens (tertiary/aromatic N) is 2. The molecule has 1 N–H and O–H groups in total. The molecule has 142 valence electrons. The summed E-state index contributed by atoms with van der Waals surface area (Å²) in [7, 11) is 0. The van der Waals surface area contributed by atoms with Crippen molar-refractivity contribution < 1.29 is 18.5 Å². The van der Waals surface area contributed by atoms with Gasteiger partial charge in [-0.3, -0.25) is 19.7 Å². The molecule has 0 atom stereocenters. The fourth-order valence-electron chi connectivity index (χ4n) is 2.57. The third-order valence-corrected chi connectivity index (χ3v) is 3.96. The molecule has 0 spiro atoms. The van der Waals surface area contributed by atoms with Crippen LogP contribution in [-0.4, -0.2) is 15.4 Å². The van der Waals surface area contributed by atoms with E-state index in [-0.39, 0.29) is 23.4 Å². The Morgan fingerprint density at radius 1 is 1.07 bits per heavy atom. The molecule has 0 fully saturated rings. The number of pyridine rings is 1. The lowest BCUT2D eigenvalue weighted by molar-refractivity contribution is -0.387. The number of hydrogen-bond donors (Lipinski definition) is 1. The number of anilines is 1. The average Bonchev–Trinajstić information content (AvgIpc) is 2.66. The number of nitro benzene ring substituents is 1. The zero-order valence-electron chi connectivity index (χ0n) is 14.3. The van der Waals surface area contributed by atoms with Gasteiger partial charge in [0.15, 0.2) is 0 Å². The molecule has 28 heavy (non-hydrogen) atoms. The van der Waals surface area contributed by atoms with Gasteiger partial charge in [0.25, 0.3) is 11.5 Å². The monoisotopic (exact) mass is 385 g/mol. The topological polar surface area (TPSA) is 94.2 Å². The number of hydrogen-bond acceptors (Lipinski definition) is 4. The van der Waals surface area contributed by atoms with Gasteiger partial charge in [-0.05, 0) is 30.3 Å². The lowest BCUT2D eigenvalue weighted by Gasteiger charge is -2.09. The second-order valence-electron chi connectivity index (χ2n) is 5.82. The summed E-state index contributed by atoms with van der Waals surface area (Å²) in [6.45, 7) is -0.0748. The number of aromatic nitrogens is 1. The fraction of sp³-hybridized carbons (Fsp3) is 0.0526. The Balaban J connectivity index is 1.87. The molecule has 0 saturated heterocycles. The summed E-state index contributed by atoms with van der Waals surface area (Å²) in [6.07, 6.45) is 1.41. The smallest absolute Gasteiger partial charge is 0.306 e. The second kappa shape index (κ2) is 7.78. The van der Waals surface area contributed by atoms with E-state index in [4.69, 9.17) is 0 Å². The van der Waals surface area contributed by atoms with Crippen LogP contribution in [0.2, 0.25) is 0 Å². The number of nitrogens with one attached hydrogen (secondary N) is 1. The highest BCUT2D eigenvalue weighted by Crippen LogP contribution is 2.21. The maximum absolute atomic E-state index is 13.8. The van der Waals surface area contributed by atoms with Crippen LogP contribution in [0.4, 0.5) is 20.2 Å². The summed E-state index contributed by atoms with van der Waals surface area (Å²) in [5.41, 5.74) is -1.48. The summed E-state index contributed by atoms with van der Waals surface area (Å²) in [5, 5.41) is 13.1. The van der Waals surface area contributed by atoms with Gasteiger partial charge in [0, 0.05) is 23.5 Å². The van der Waals surface area contributed by atoms with Crippen molar-refractivity contribution in [2.45, 2.75) is 6.54 Å². The van der Waals surface area contributed by atoms with Crippen molar-refractivity contribution >= 4 is 17.3 Å². The first-order valence-corrected chi connectivity index (χ1v) is 8.05. The highest BCUT2D eigenvalue weighted by atomic mass is 19.1. The molecule has 0 unspecified atom stereocenters. The molecule has 0 aliphatic carbocycles. The number of nitro groups is 1. The fourth-order valence-corrected chi connectivity index (χ4v) is 2.57. The van der Waals surface area contributed by atoms with Gasteiger partial charge in [-0.1, -0.05) is 18.2 Å². The first-order valence-electron chi connectivity index (χ1n) is 8.05. The van der Waals surface area contributed by atoms with E-state index in [1.165, 1.54) is 41.1 Å². The number of carbonyl (C=O) groups is 1. The first-order chi connectivity index (χ1) is 13.4. The van der Waals surface area contributed by atoms with Crippen molar-refractivity contribution in [3.63, 3.8) is 0 Å². The van der Waals surface area contributed by atoms with Crippen LogP contribution in [0.5, 0.6) is 0 Å². The Bertz CT molecular complexity index is 1130. The largest absolute Gasteiger partial charge is 0.322 e. The summed E-state index contributed by atoms with van der Waals surface area (Å²) < 4.78 is 28.4. The molecule has 1 amide bonds. The molecule has 0 aliphatic heterocycles. The molecule has 0 aliphatic rings. The van der Waals surface area contributed by atoms with Crippen molar-refractivity contribution in [2.75, 3.05) is 5.32 Å². The van der Waals surface area contributed by atoms with Crippen molar-refractivity contribution in [2.24, 2.45) is 0 Å². The summed E-state index contributed by atoms with van der Waals surface area (Å²) in [6, 6.07) is 11.5. The molecule has 9 heteroatoms. The minimum absolute atomic E-state index is 0.0398. The van der Waals surface area contributed by atoms with Crippen LogP contribution in [0, 0.1) is 21.7 Å². The number of carbonyl (C=O) groups excluding carboxylic acids is 1. The summed E-state index contributed by atoms with van der Waals surface area (Å²) in [5.74, 6) is -2.35. The zero-order chi connectivity index (χ0) is 20.3. The van der Waals surface area contributed by atoms with Crippen LogP contribution in [0.1, 0.15) is 15.9 Å². The van der Waals surface area contributed by atoms with E-state index >= 15 is 0 Å². The highest BCUT2D eigenvalue weighted by Gasteiger charge is 2.17. The maximum Gasteiger partial charge on any atom is 0.306 e. The molecule has 3 rings (SSSR count). The number of halogens is 2. The highest BCUT2D eigenvalue weighted by molar-refractivity contribution is 6.04.